The second-order valence-corrected chi connectivity index (χ2v) is 12.9. The summed E-state index contributed by atoms with van der Waals surface area (Å²) in [6.07, 6.45) is 6.53. The molecule has 5 rings (SSSR count). The van der Waals surface area contributed by atoms with E-state index in [1.165, 1.54) is 11.3 Å². The molecule has 10 heteroatoms. The number of aromatic nitrogens is 3. The molecule has 1 atom stereocenters. The monoisotopic (exact) mass is 614 g/mol. The van der Waals surface area contributed by atoms with Gasteiger partial charge in [0.05, 0.1) is 5.92 Å². The van der Waals surface area contributed by atoms with Crippen molar-refractivity contribution in [2.75, 3.05) is 48.3 Å². The summed E-state index contributed by atoms with van der Waals surface area (Å²) in [6, 6.07) is 13.6. The van der Waals surface area contributed by atoms with Crippen molar-refractivity contribution in [1.29, 1.82) is 0 Å². The molecule has 1 fully saturated rings. The summed E-state index contributed by atoms with van der Waals surface area (Å²) in [4.78, 5) is 42.6. The van der Waals surface area contributed by atoms with Gasteiger partial charge in [0.25, 0.3) is 0 Å². The van der Waals surface area contributed by atoms with Crippen molar-refractivity contribution in [3.63, 3.8) is 0 Å². The van der Waals surface area contributed by atoms with E-state index in [9.17, 15) is 9.59 Å². The molecule has 2 N–H and O–H groups in total. The number of anilines is 3. The number of Topliss-reactive ketones (excluding diaryl/α,β-unsaturated/α-hetero) is 1. The minimum Gasteiger partial charge on any atom is -0.486 e. The Bertz CT molecular complexity index is 1450. The van der Waals surface area contributed by atoms with Gasteiger partial charge in [-0.1, -0.05) is 31.2 Å². The molecule has 0 unspecified atom stereocenters. The Morgan fingerprint density at radius 1 is 1.09 bits per heavy atom. The maximum Gasteiger partial charge on any atom is 0.311 e. The van der Waals surface area contributed by atoms with Crippen molar-refractivity contribution in [1.82, 2.24) is 15.0 Å². The van der Waals surface area contributed by atoms with Crippen LogP contribution >= 0.6 is 0 Å². The molecule has 0 radical (unpaired) electrons. The van der Waals surface area contributed by atoms with Crippen LogP contribution in [0.1, 0.15) is 76.1 Å². The number of nitrogens with one attached hydrogen (secondary N) is 2. The van der Waals surface area contributed by atoms with Gasteiger partial charge in [0.15, 0.2) is 5.78 Å². The molecule has 1 aromatic carbocycles. The standard InChI is InChI=1S/C35H46N6O4/c1-5-29-32(37-21-26(34(43)45-35(2,3)4)20-27(42)22-44-28-11-7-6-8-12-28)38-23-39-33(29)41-18-15-24(16-19-41)30-14-13-25-10-9-17-36-31(25)40-30/h6-8,11-14,23-24,26H,5,9-10,15-22H2,1-4H3,(H,36,40)(H,37,38,39)/t26-/m0/s1. The Kier molecular flexibility index (Phi) is 10.5. The van der Waals surface area contributed by atoms with Gasteiger partial charge in [-0.15, -0.1) is 0 Å². The van der Waals surface area contributed by atoms with E-state index in [2.05, 4.69) is 44.6 Å². The van der Waals surface area contributed by atoms with Gasteiger partial charge < -0.3 is 25.0 Å². The number of hydrogen-bond donors (Lipinski definition) is 2. The van der Waals surface area contributed by atoms with Crippen LogP contribution in [-0.4, -0.2) is 65.1 Å². The van der Waals surface area contributed by atoms with Crippen molar-refractivity contribution >= 4 is 29.2 Å². The minimum atomic E-state index is -0.700. The molecule has 4 heterocycles. The number of ether oxygens (including phenoxy) is 2. The highest BCUT2D eigenvalue weighted by atomic mass is 16.6. The first-order valence-electron chi connectivity index (χ1n) is 16.2. The molecular formula is C35H46N6O4. The van der Waals surface area contributed by atoms with E-state index >= 15 is 0 Å². The summed E-state index contributed by atoms with van der Waals surface area (Å²) in [7, 11) is 0. The second kappa shape index (κ2) is 14.7. The Morgan fingerprint density at radius 3 is 2.60 bits per heavy atom. The number of benzene rings is 1. The van der Waals surface area contributed by atoms with Crippen LogP contribution in [0.4, 0.5) is 17.5 Å². The van der Waals surface area contributed by atoms with Gasteiger partial charge in [0.1, 0.15) is 41.7 Å². The molecule has 10 nitrogen and oxygen atoms in total. The van der Waals surface area contributed by atoms with Crippen molar-refractivity contribution in [2.45, 2.75) is 77.7 Å². The molecule has 2 aliphatic heterocycles. The number of ketones is 1. The number of carbonyl (C=O) groups is 2. The first kappa shape index (κ1) is 32.2. The summed E-state index contributed by atoms with van der Waals surface area (Å²) >= 11 is 0. The lowest BCUT2D eigenvalue weighted by atomic mass is 9.92. The zero-order chi connectivity index (χ0) is 31.8. The fourth-order valence-corrected chi connectivity index (χ4v) is 5.97. The van der Waals surface area contributed by atoms with Gasteiger partial charge in [-0.05, 0) is 76.6 Å². The number of pyridine rings is 1. The third-order valence-electron chi connectivity index (χ3n) is 8.28. The van der Waals surface area contributed by atoms with Crippen LogP contribution < -0.4 is 20.3 Å². The molecule has 0 saturated carbocycles. The zero-order valence-corrected chi connectivity index (χ0v) is 27.0. The van der Waals surface area contributed by atoms with E-state index in [-0.39, 0.29) is 25.4 Å². The molecule has 0 spiro atoms. The van der Waals surface area contributed by atoms with E-state index < -0.39 is 17.5 Å². The van der Waals surface area contributed by atoms with Crippen LogP contribution in [0.5, 0.6) is 5.75 Å². The van der Waals surface area contributed by atoms with E-state index in [0.717, 1.165) is 68.9 Å². The first-order chi connectivity index (χ1) is 21.7. The second-order valence-electron chi connectivity index (χ2n) is 12.9. The Morgan fingerprint density at radius 2 is 1.87 bits per heavy atom. The number of nitrogens with zero attached hydrogens (tertiary/aromatic N) is 4. The van der Waals surface area contributed by atoms with Gasteiger partial charge >= 0.3 is 5.97 Å². The minimum absolute atomic E-state index is 0.00604. The molecular weight excluding hydrogens is 568 g/mol. The van der Waals surface area contributed by atoms with Gasteiger partial charge in [0, 0.05) is 49.8 Å². The third-order valence-corrected chi connectivity index (χ3v) is 8.28. The molecule has 240 valence electrons. The van der Waals surface area contributed by atoms with Crippen molar-refractivity contribution < 1.29 is 19.1 Å². The third kappa shape index (κ3) is 8.71. The number of para-hydroxylation sites is 1. The van der Waals surface area contributed by atoms with Crippen LogP contribution in [0, 0.1) is 5.92 Å². The largest absolute Gasteiger partial charge is 0.486 e. The van der Waals surface area contributed by atoms with Crippen LogP contribution in [0.2, 0.25) is 0 Å². The van der Waals surface area contributed by atoms with E-state index in [4.69, 9.17) is 14.5 Å². The molecule has 2 aliphatic rings. The van der Waals surface area contributed by atoms with Crippen LogP contribution in [0.3, 0.4) is 0 Å². The highest BCUT2D eigenvalue weighted by molar-refractivity contribution is 5.86. The Balaban J connectivity index is 1.23. The molecule has 45 heavy (non-hydrogen) atoms. The SMILES string of the molecule is CCc1c(NC[C@H](CC(=O)COc2ccccc2)C(=O)OC(C)(C)C)ncnc1N1CCC(c2ccc3c(n2)NCCC3)CC1. The number of hydrogen-bond acceptors (Lipinski definition) is 10. The highest BCUT2D eigenvalue weighted by Crippen LogP contribution is 2.33. The maximum atomic E-state index is 13.2. The Labute approximate surface area is 266 Å². The lowest BCUT2D eigenvalue weighted by Crippen LogP contribution is -2.35. The number of aryl methyl sites for hydroxylation is 1. The average Bonchev–Trinajstić information content (AvgIpc) is 3.05. The summed E-state index contributed by atoms with van der Waals surface area (Å²) in [5.74, 6) is 2.36. The van der Waals surface area contributed by atoms with Gasteiger partial charge in [-0.3, -0.25) is 9.59 Å². The molecule has 0 amide bonds. The van der Waals surface area contributed by atoms with Crippen LogP contribution in [0.15, 0.2) is 48.8 Å². The number of fused-ring (bicyclic) bond motifs is 1. The van der Waals surface area contributed by atoms with Crippen molar-refractivity contribution in [2.24, 2.45) is 5.92 Å². The fourth-order valence-electron chi connectivity index (χ4n) is 5.97. The molecule has 0 aliphatic carbocycles. The summed E-state index contributed by atoms with van der Waals surface area (Å²) in [5, 5.41) is 6.82. The fraction of sp³-hybridized carbons (Fsp3) is 0.514. The number of esters is 1. The molecule has 1 saturated heterocycles. The molecule has 0 bridgehead atoms. The first-order valence-corrected chi connectivity index (χ1v) is 16.2. The van der Waals surface area contributed by atoms with E-state index in [1.54, 1.807) is 18.5 Å². The van der Waals surface area contributed by atoms with E-state index in [0.29, 0.717) is 17.5 Å². The zero-order valence-electron chi connectivity index (χ0n) is 27.0. The quantitative estimate of drug-likeness (QED) is 0.250. The molecule has 2 aromatic heterocycles. The van der Waals surface area contributed by atoms with Crippen LogP contribution in [-0.2, 0) is 27.2 Å². The normalized spacial score (nSPS) is 15.9. The number of piperidine rings is 1. The lowest BCUT2D eigenvalue weighted by Gasteiger charge is -2.34. The summed E-state index contributed by atoms with van der Waals surface area (Å²) in [6.45, 7) is 10.4. The van der Waals surface area contributed by atoms with Crippen molar-refractivity contribution in [3.8, 4) is 5.75 Å². The average molecular weight is 615 g/mol. The lowest BCUT2D eigenvalue weighted by molar-refractivity contribution is -0.160. The smallest absolute Gasteiger partial charge is 0.311 e. The van der Waals surface area contributed by atoms with E-state index in [1.807, 2.05) is 39.0 Å². The predicted octanol–water partition coefficient (Wildman–Crippen LogP) is 5.58. The number of carbonyl (C=O) groups excluding carboxylic acids is 2. The van der Waals surface area contributed by atoms with Crippen LogP contribution in [0.25, 0.3) is 0 Å². The predicted molar refractivity (Wildman–Crippen MR) is 176 cm³/mol. The maximum absolute atomic E-state index is 13.2. The van der Waals surface area contributed by atoms with Gasteiger partial charge in [-0.25, -0.2) is 15.0 Å². The molecule has 3 aromatic rings. The van der Waals surface area contributed by atoms with Crippen molar-refractivity contribution in [3.05, 3.63) is 65.6 Å². The Hall–Kier alpha value is -4.21. The highest BCUT2D eigenvalue weighted by Gasteiger charge is 2.29. The topological polar surface area (TPSA) is 119 Å². The van der Waals surface area contributed by atoms with Gasteiger partial charge in [-0.2, -0.15) is 0 Å². The summed E-state index contributed by atoms with van der Waals surface area (Å²) in [5.41, 5.74) is 2.80. The summed E-state index contributed by atoms with van der Waals surface area (Å²) < 4.78 is 11.3. The number of rotatable bonds is 12. The van der Waals surface area contributed by atoms with Gasteiger partial charge in [0.2, 0.25) is 0 Å².